The standard InChI is InChI=1S/C22H28N2O3/c1-22(2,3)24(20(25)16-10-13-17-11-6-5-7-12-17)23-21(26)18-14-8-9-15-19(18)27-4/h5-9,11-12,14-15H,10,13,16H2,1-4H3,(H,23,26). The van der Waals surface area contributed by atoms with Crippen LogP contribution in [0.2, 0.25) is 0 Å². The van der Waals surface area contributed by atoms with E-state index in [0.717, 1.165) is 12.8 Å². The molecular formula is C22H28N2O3. The van der Waals surface area contributed by atoms with Crippen molar-refractivity contribution in [3.05, 3.63) is 65.7 Å². The topological polar surface area (TPSA) is 58.6 Å². The molecule has 0 heterocycles. The number of rotatable bonds is 6. The lowest BCUT2D eigenvalue weighted by Crippen LogP contribution is -2.55. The Morgan fingerprint density at radius 2 is 1.63 bits per heavy atom. The number of nitrogens with zero attached hydrogens (tertiary/aromatic N) is 1. The number of hydrogen-bond acceptors (Lipinski definition) is 3. The zero-order valence-corrected chi connectivity index (χ0v) is 16.5. The van der Waals surface area contributed by atoms with Crippen LogP contribution in [-0.4, -0.2) is 29.5 Å². The van der Waals surface area contributed by atoms with Crippen LogP contribution in [0.5, 0.6) is 5.75 Å². The molecule has 2 rings (SSSR count). The van der Waals surface area contributed by atoms with Gasteiger partial charge in [-0.1, -0.05) is 42.5 Å². The Morgan fingerprint density at radius 1 is 1.00 bits per heavy atom. The minimum atomic E-state index is -0.540. The number of amides is 2. The van der Waals surface area contributed by atoms with Gasteiger partial charge < -0.3 is 4.74 Å². The van der Waals surface area contributed by atoms with Crippen molar-refractivity contribution in [2.75, 3.05) is 7.11 Å². The van der Waals surface area contributed by atoms with Gasteiger partial charge in [0.05, 0.1) is 18.2 Å². The summed E-state index contributed by atoms with van der Waals surface area (Å²) in [7, 11) is 1.52. The Labute approximate surface area is 161 Å². The van der Waals surface area contributed by atoms with Crippen LogP contribution in [-0.2, 0) is 11.2 Å². The Morgan fingerprint density at radius 3 is 2.26 bits per heavy atom. The molecule has 144 valence electrons. The van der Waals surface area contributed by atoms with E-state index in [1.54, 1.807) is 24.3 Å². The summed E-state index contributed by atoms with van der Waals surface area (Å²) in [5, 5.41) is 1.42. The quantitative estimate of drug-likeness (QED) is 0.785. The molecule has 1 N–H and O–H groups in total. The Balaban J connectivity index is 2.04. The van der Waals surface area contributed by atoms with E-state index in [0.29, 0.717) is 17.7 Å². The molecule has 0 fully saturated rings. The van der Waals surface area contributed by atoms with Gasteiger partial charge in [-0.05, 0) is 51.3 Å². The fourth-order valence-electron chi connectivity index (χ4n) is 2.80. The van der Waals surface area contributed by atoms with E-state index < -0.39 is 5.54 Å². The molecule has 0 aromatic heterocycles. The number of ether oxygens (including phenoxy) is 1. The molecule has 5 heteroatoms. The second-order valence-electron chi connectivity index (χ2n) is 7.38. The van der Waals surface area contributed by atoms with Crippen molar-refractivity contribution in [1.29, 1.82) is 0 Å². The maximum atomic E-state index is 12.8. The predicted molar refractivity (Wildman–Crippen MR) is 106 cm³/mol. The first-order valence-electron chi connectivity index (χ1n) is 9.14. The van der Waals surface area contributed by atoms with Crippen molar-refractivity contribution in [3.63, 3.8) is 0 Å². The third kappa shape index (κ3) is 5.84. The summed E-state index contributed by atoms with van der Waals surface area (Å²) >= 11 is 0. The summed E-state index contributed by atoms with van der Waals surface area (Å²) in [5.74, 6) is 0.000786. The van der Waals surface area contributed by atoms with Crippen LogP contribution in [0.3, 0.4) is 0 Å². The molecule has 0 saturated heterocycles. The second-order valence-corrected chi connectivity index (χ2v) is 7.38. The lowest BCUT2D eigenvalue weighted by molar-refractivity contribution is -0.139. The third-order valence-electron chi connectivity index (χ3n) is 4.18. The normalized spacial score (nSPS) is 11.0. The van der Waals surface area contributed by atoms with Crippen LogP contribution in [0.1, 0.15) is 49.5 Å². The predicted octanol–water partition coefficient (Wildman–Crippen LogP) is 3.99. The number of hydrazine groups is 1. The molecule has 2 aromatic carbocycles. The molecule has 0 atom stereocenters. The van der Waals surface area contributed by atoms with E-state index in [1.807, 2.05) is 39.0 Å². The van der Waals surface area contributed by atoms with Gasteiger partial charge in [0, 0.05) is 6.42 Å². The highest BCUT2D eigenvalue weighted by Crippen LogP contribution is 2.19. The maximum Gasteiger partial charge on any atom is 0.273 e. The molecule has 0 saturated carbocycles. The molecule has 0 aliphatic rings. The smallest absolute Gasteiger partial charge is 0.273 e. The van der Waals surface area contributed by atoms with Crippen molar-refractivity contribution >= 4 is 11.8 Å². The van der Waals surface area contributed by atoms with Gasteiger partial charge in [-0.2, -0.15) is 0 Å². The first-order valence-corrected chi connectivity index (χ1v) is 9.14. The number of para-hydroxylation sites is 1. The van der Waals surface area contributed by atoms with Gasteiger partial charge in [-0.15, -0.1) is 0 Å². The van der Waals surface area contributed by atoms with Gasteiger partial charge in [0.15, 0.2) is 0 Å². The van der Waals surface area contributed by atoms with E-state index in [1.165, 1.54) is 17.7 Å². The van der Waals surface area contributed by atoms with Crippen molar-refractivity contribution < 1.29 is 14.3 Å². The van der Waals surface area contributed by atoms with Crippen LogP contribution in [0.25, 0.3) is 0 Å². The minimum absolute atomic E-state index is 0.110. The van der Waals surface area contributed by atoms with Crippen molar-refractivity contribution in [1.82, 2.24) is 10.4 Å². The summed E-state index contributed by atoms with van der Waals surface area (Å²) in [5.41, 5.74) is 3.82. The average molecular weight is 368 g/mol. The van der Waals surface area contributed by atoms with Gasteiger partial charge in [-0.25, -0.2) is 5.01 Å². The summed E-state index contributed by atoms with van der Waals surface area (Å²) < 4.78 is 5.24. The molecule has 27 heavy (non-hydrogen) atoms. The highest BCUT2D eigenvalue weighted by Gasteiger charge is 2.29. The number of carbonyl (C=O) groups excluding carboxylic acids is 2. The van der Waals surface area contributed by atoms with Crippen molar-refractivity contribution in [2.45, 2.75) is 45.6 Å². The van der Waals surface area contributed by atoms with Crippen molar-refractivity contribution in [2.24, 2.45) is 0 Å². The van der Waals surface area contributed by atoms with Gasteiger partial charge in [0.25, 0.3) is 5.91 Å². The van der Waals surface area contributed by atoms with Crippen LogP contribution >= 0.6 is 0 Å². The van der Waals surface area contributed by atoms with Crippen LogP contribution in [0, 0.1) is 0 Å². The highest BCUT2D eigenvalue weighted by molar-refractivity contribution is 5.98. The SMILES string of the molecule is COc1ccccc1C(=O)NN(C(=O)CCCc1ccccc1)C(C)(C)C. The summed E-state index contributed by atoms with van der Waals surface area (Å²) in [6, 6.07) is 17.0. The second kappa shape index (κ2) is 9.21. The van der Waals surface area contributed by atoms with E-state index in [4.69, 9.17) is 4.74 Å². The third-order valence-corrected chi connectivity index (χ3v) is 4.18. The van der Waals surface area contributed by atoms with Gasteiger partial charge in [0.1, 0.15) is 5.75 Å². The number of nitrogens with one attached hydrogen (secondary N) is 1. The molecule has 2 amide bonds. The summed E-state index contributed by atoms with van der Waals surface area (Å²) in [4.78, 5) is 25.5. The summed E-state index contributed by atoms with van der Waals surface area (Å²) in [6.45, 7) is 5.68. The zero-order valence-electron chi connectivity index (χ0n) is 16.5. The molecule has 2 aromatic rings. The zero-order chi connectivity index (χ0) is 19.9. The van der Waals surface area contributed by atoms with Crippen LogP contribution < -0.4 is 10.2 Å². The number of aryl methyl sites for hydroxylation is 1. The van der Waals surface area contributed by atoms with E-state index >= 15 is 0 Å². The Hall–Kier alpha value is -2.82. The first-order chi connectivity index (χ1) is 12.8. The van der Waals surface area contributed by atoms with Crippen molar-refractivity contribution in [3.8, 4) is 5.75 Å². The molecule has 0 radical (unpaired) electrons. The van der Waals surface area contributed by atoms with Crippen LogP contribution in [0.15, 0.2) is 54.6 Å². The van der Waals surface area contributed by atoms with Gasteiger partial charge in [0.2, 0.25) is 5.91 Å². The number of methoxy groups -OCH3 is 1. The van der Waals surface area contributed by atoms with E-state index in [-0.39, 0.29) is 11.8 Å². The molecule has 0 unspecified atom stereocenters. The molecule has 5 nitrogen and oxygen atoms in total. The molecule has 0 bridgehead atoms. The van der Waals surface area contributed by atoms with Gasteiger partial charge >= 0.3 is 0 Å². The lowest BCUT2D eigenvalue weighted by Gasteiger charge is -2.35. The summed E-state index contributed by atoms with van der Waals surface area (Å²) in [6.07, 6.45) is 1.91. The molecular weight excluding hydrogens is 340 g/mol. The maximum absolute atomic E-state index is 12.8. The lowest BCUT2D eigenvalue weighted by atomic mass is 10.1. The number of carbonyl (C=O) groups is 2. The Kier molecular flexibility index (Phi) is 6.99. The van der Waals surface area contributed by atoms with Crippen LogP contribution in [0.4, 0.5) is 0 Å². The minimum Gasteiger partial charge on any atom is -0.496 e. The Bertz CT molecular complexity index is 767. The van der Waals surface area contributed by atoms with Gasteiger partial charge in [-0.3, -0.25) is 15.0 Å². The molecule has 0 aliphatic carbocycles. The average Bonchev–Trinajstić information content (AvgIpc) is 2.65. The fraction of sp³-hybridized carbons (Fsp3) is 0.364. The number of hydrogen-bond donors (Lipinski definition) is 1. The molecule has 0 aliphatic heterocycles. The number of benzene rings is 2. The van der Waals surface area contributed by atoms with E-state index in [2.05, 4.69) is 17.6 Å². The first kappa shape index (κ1) is 20.5. The fourth-order valence-corrected chi connectivity index (χ4v) is 2.80. The monoisotopic (exact) mass is 368 g/mol. The largest absolute Gasteiger partial charge is 0.496 e. The molecule has 0 spiro atoms. The highest BCUT2D eigenvalue weighted by atomic mass is 16.5. The van der Waals surface area contributed by atoms with E-state index in [9.17, 15) is 9.59 Å².